The summed E-state index contributed by atoms with van der Waals surface area (Å²) in [5, 5.41) is 0. The molecule has 0 spiro atoms. The minimum absolute atomic E-state index is 0.651. The average Bonchev–Trinajstić information content (AvgIpc) is 2.23. The van der Waals surface area contributed by atoms with E-state index in [1.165, 1.54) is 11.3 Å². The van der Waals surface area contributed by atoms with Crippen LogP contribution >= 0.6 is 0 Å². The van der Waals surface area contributed by atoms with Gasteiger partial charge in [0.25, 0.3) is 0 Å². The van der Waals surface area contributed by atoms with Gasteiger partial charge in [0.05, 0.1) is 0 Å². The van der Waals surface area contributed by atoms with Crippen LogP contribution in [0.5, 0.6) is 0 Å². The van der Waals surface area contributed by atoms with Crippen molar-refractivity contribution in [3.63, 3.8) is 0 Å². The van der Waals surface area contributed by atoms with Crippen molar-refractivity contribution < 1.29 is 0 Å². The van der Waals surface area contributed by atoms with Crippen LogP contribution in [0.2, 0.25) is 0 Å². The monoisotopic (exact) mass is 204 g/mol. The third-order valence-electron chi connectivity index (χ3n) is 3.42. The molecule has 0 radical (unpaired) electrons. The zero-order valence-electron chi connectivity index (χ0n) is 9.90. The molecule has 1 aliphatic heterocycles. The smallest absolute Gasteiger partial charge is 0.0396 e. The van der Waals surface area contributed by atoms with Crippen molar-refractivity contribution >= 4 is 5.69 Å². The molecule has 0 saturated carbocycles. The molecular weight excluding hydrogens is 184 g/mol. The van der Waals surface area contributed by atoms with Gasteiger partial charge in [0, 0.05) is 31.4 Å². The third-order valence-corrected chi connectivity index (χ3v) is 3.42. The van der Waals surface area contributed by atoms with Gasteiger partial charge >= 0.3 is 0 Å². The number of rotatable bonds is 1. The second kappa shape index (κ2) is 4.23. The Morgan fingerprint density at radius 3 is 2.60 bits per heavy atom. The quantitative estimate of drug-likeness (QED) is 0.691. The lowest BCUT2D eigenvalue weighted by molar-refractivity contribution is 0.234. The molecule has 1 saturated heterocycles. The number of anilines is 1. The highest BCUT2D eigenvalue weighted by molar-refractivity contribution is 5.53. The molecule has 1 unspecified atom stereocenters. The summed E-state index contributed by atoms with van der Waals surface area (Å²) >= 11 is 0. The van der Waals surface area contributed by atoms with Crippen LogP contribution in [0.25, 0.3) is 0 Å². The molecule has 1 heterocycles. The molecule has 1 atom stereocenters. The van der Waals surface area contributed by atoms with Gasteiger partial charge in [-0.2, -0.15) is 0 Å². The summed E-state index contributed by atoms with van der Waals surface area (Å²) in [5.74, 6) is 0. The van der Waals surface area contributed by atoms with E-state index in [9.17, 15) is 0 Å². The van der Waals surface area contributed by atoms with Gasteiger partial charge in [-0.15, -0.1) is 0 Å². The van der Waals surface area contributed by atoms with Crippen LogP contribution in [0.4, 0.5) is 5.69 Å². The number of nitrogens with zero attached hydrogens (tertiary/aromatic N) is 2. The Morgan fingerprint density at radius 2 is 1.93 bits per heavy atom. The molecule has 0 N–H and O–H groups in total. The molecule has 2 nitrogen and oxygen atoms in total. The summed E-state index contributed by atoms with van der Waals surface area (Å²) in [6, 6.07) is 9.31. The first-order valence-corrected chi connectivity index (χ1v) is 5.69. The topological polar surface area (TPSA) is 6.48 Å². The fourth-order valence-electron chi connectivity index (χ4n) is 2.19. The van der Waals surface area contributed by atoms with E-state index in [0.717, 1.165) is 19.6 Å². The van der Waals surface area contributed by atoms with Gasteiger partial charge in [-0.05, 0) is 32.5 Å². The number of piperazine rings is 1. The fourth-order valence-corrected chi connectivity index (χ4v) is 2.19. The van der Waals surface area contributed by atoms with Crippen LogP contribution in [-0.4, -0.2) is 37.6 Å². The SMILES string of the molecule is Cc1ccccc1N1CCN(C)C(C)C1. The summed E-state index contributed by atoms with van der Waals surface area (Å²) in [5.41, 5.74) is 2.78. The van der Waals surface area contributed by atoms with E-state index in [1.54, 1.807) is 0 Å². The second-order valence-corrected chi connectivity index (χ2v) is 4.56. The number of likely N-dealkylation sites (N-methyl/N-ethyl adjacent to an activating group) is 1. The number of hydrogen-bond acceptors (Lipinski definition) is 2. The maximum absolute atomic E-state index is 2.50. The minimum atomic E-state index is 0.651. The van der Waals surface area contributed by atoms with Crippen molar-refractivity contribution in [3.8, 4) is 0 Å². The van der Waals surface area contributed by atoms with Crippen molar-refractivity contribution in [2.75, 3.05) is 31.6 Å². The Hall–Kier alpha value is -1.02. The molecule has 0 bridgehead atoms. The van der Waals surface area contributed by atoms with Gasteiger partial charge in [-0.1, -0.05) is 18.2 Å². The predicted octanol–water partition coefficient (Wildman–Crippen LogP) is 2.14. The number of aryl methyl sites for hydroxylation is 1. The van der Waals surface area contributed by atoms with Crippen LogP contribution in [0, 0.1) is 6.92 Å². The predicted molar refractivity (Wildman–Crippen MR) is 65.5 cm³/mol. The summed E-state index contributed by atoms with van der Waals surface area (Å²) < 4.78 is 0. The van der Waals surface area contributed by atoms with Crippen LogP contribution < -0.4 is 4.90 Å². The maximum atomic E-state index is 2.50. The first-order chi connectivity index (χ1) is 7.18. The van der Waals surface area contributed by atoms with Gasteiger partial charge < -0.3 is 9.80 Å². The average molecular weight is 204 g/mol. The minimum Gasteiger partial charge on any atom is -0.368 e. The second-order valence-electron chi connectivity index (χ2n) is 4.56. The molecule has 82 valence electrons. The van der Waals surface area contributed by atoms with Crippen molar-refractivity contribution in [2.24, 2.45) is 0 Å². The highest BCUT2D eigenvalue weighted by atomic mass is 15.3. The van der Waals surface area contributed by atoms with E-state index in [2.05, 4.69) is 55.0 Å². The summed E-state index contributed by atoms with van der Waals surface area (Å²) in [6.07, 6.45) is 0. The highest BCUT2D eigenvalue weighted by Gasteiger charge is 2.21. The maximum Gasteiger partial charge on any atom is 0.0396 e. The van der Waals surface area contributed by atoms with Crippen molar-refractivity contribution in [1.82, 2.24) is 4.90 Å². The van der Waals surface area contributed by atoms with E-state index in [1.807, 2.05) is 0 Å². The number of benzene rings is 1. The van der Waals surface area contributed by atoms with E-state index < -0.39 is 0 Å². The summed E-state index contributed by atoms with van der Waals surface area (Å²) in [6.45, 7) is 7.94. The Morgan fingerprint density at radius 1 is 1.20 bits per heavy atom. The van der Waals surface area contributed by atoms with E-state index in [4.69, 9.17) is 0 Å². The Kier molecular flexibility index (Phi) is 2.96. The highest BCUT2D eigenvalue weighted by Crippen LogP contribution is 2.21. The van der Waals surface area contributed by atoms with Gasteiger partial charge in [0.2, 0.25) is 0 Å². The molecule has 1 fully saturated rings. The van der Waals surface area contributed by atoms with Crippen molar-refractivity contribution in [1.29, 1.82) is 0 Å². The zero-order valence-corrected chi connectivity index (χ0v) is 9.90. The van der Waals surface area contributed by atoms with Crippen LogP contribution in [-0.2, 0) is 0 Å². The molecule has 2 heteroatoms. The standard InChI is InChI=1S/C13H20N2/c1-11-6-4-5-7-13(11)15-9-8-14(3)12(2)10-15/h4-7,12H,8-10H2,1-3H3. The van der Waals surface area contributed by atoms with Crippen LogP contribution in [0.3, 0.4) is 0 Å². The van der Waals surface area contributed by atoms with E-state index in [-0.39, 0.29) is 0 Å². The van der Waals surface area contributed by atoms with Crippen molar-refractivity contribution in [3.05, 3.63) is 29.8 Å². The summed E-state index contributed by atoms with van der Waals surface area (Å²) in [7, 11) is 2.21. The van der Waals surface area contributed by atoms with E-state index in [0.29, 0.717) is 6.04 Å². The van der Waals surface area contributed by atoms with Gasteiger partial charge in [0.15, 0.2) is 0 Å². The number of para-hydroxylation sites is 1. The molecular formula is C13H20N2. The Labute approximate surface area is 92.5 Å². The molecule has 1 aromatic carbocycles. The Bertz CT molecular complexity index is 335. The largest absolute Gasteiger partial charge is 0.368 e. The molecule has 0 amide bonds. The molecule has 2 rings (SSSR count). The lowest BCUT2D eigenvalue weighted by Crippen LogP contribution is -2.50. The van der Waals surface area contributed by atoms with E-state index >= 15 is 0 Å². The fraction of sp³-hybridized carbons (Fsp3) is 0.538. The molecule has 0 aliphatic carbocycles. The van der Waals surface area contributed by atoms with Crippen LogP contribution in [0.1, 0.15) is 12.5 Å². The van der Waals surface area contributed by atoms with Gasteiger partial charge in [-0.25, -0.2) is 0 Å². The molecule has 1 aromatic rings. The summed E-state index contributed by atoms with van der Waals surface area (Å²) in [4.78, 5) is 4.93. The normalized spacial score (nSPS) is 23.1. The third kappa shape index (κ3) is 2.15. The molecule has 15 heavy (non-hydrogen) atoms. The zero-order chi connectivity index (χ0) is 10.8. The molecule has 1 aliphatic rings. The lowest BCUT2D eigenvalue weighted by atomic mass is 10.1. The first kappa shape index (κ1) is 10.5. The van der Waals surface area contributed by atoms with Crippen LogP contribution in [0.15, 0.2) is 24.3 Å². The first-order valence-electron chi connectivity index (χ1n) is 5.69. The lowest BCUT2D eigenvalue weighted by Gasteiger charge is -2.39. The van der Waals surface area contributed by atoms with Crippen molar-refractivity contribution in [2.45, 2.75) is 19.9 Å². The van der Waals surface area contributed by atoms with Gasteiger partial charge in [-0.3, -0.25) is 0 Å². The Balaban J connectivity index is 2.15. The van der Waals surface area contributed by atoms with Gasteiger partial charge in [0.1, 0.15) is 0 Å². The molecule has 0 aromatic heterocycles. The number of hydrogen-bond donors (Lipinski definition) is 0.